The number of amides is 4. The molecule has 4 fully saturated rings. The van der Waals surface area contributed by atoms with Crippen LogP contribution < -0.4 is 10.2 Å². The number of carbonyl (C=O) groups is 3. The van der Waals surface area contributed by atoms with Gasteiger partial charge in [0.25, 0.3) is 0 Å². The summed E-state index contributed by atoms with van der Waals surface area (Å²) in [6, 6.07) is 1.71. The SMILES string of the molecule is CC(C)(C)OC(=O)N1CCC(CN2CC(Cn3cc(C4CC4)c4cc(N5CCC(=O)NC5=O)cnc43)C2)CC1. The van der Waals surface area contributed by atoms with Crippen LogP contribution in [0.25, 0.3) is 11.0 Å². The fourth-order valence-electron chi connectivity index (χ4n) is 6.21. The maximum Gasteiger partial charge on any atom is 0.410 e. The van der Waals surface area contributed by atoms with E-state index in [1.807, 2.05) is 25.7 Å². The first kappa shape index (κ1) is 26.1. The van der Waals surface area contributed by atoms with E-state index >= 15 is 0 Å². The maximum atomic E-state index is 12.4. The molecule has 0 radical (unpaired) electrons. The molecule has 0 unspecified atom stereocenters. The topological polar surface area (TPSA) is 100 Å². The minimum absolute atomic E-state index is 0.190. The van der Waals surface area contributed by atoms with Crippen molar-refractivity contribution >= 4 is 34.8 Å². The van der Waals surface area contributed by atoms with Crippen molar-refractivity contribution in [2.45, 2.75) is 70.9 Å². The van der Waals surface area contributed by atoms with E-state index in [1.165, 1.54) is 18.4 Å². The number of imide groups is 1. The van der Waals surface area contributed by atoms with Crippen LogP contribution in [0.1, 0.15) is 64.4 Å². The van der Waals surface area contributed by atoms with Crippen molar-refractivity contribution in [1.82, 2.24) is 24.7 Å². The van der Waals surface area contributed by atoms with Crippen molar-refractivity contribution in [2.24, 2.45) is 11.8 Å². The summed E-state index contributed by atoms with van der Waals surface area (Å²) in [5, 5.41) is 3.54. The lowest BCUT2D eigenvalue weighted by molar-refractivity contribution is -0.120. The molecule has 10 nitrogen and oxygen atoms in total. The molecule has 210 valence electrons. The summed E-state index contributed by atoms with van der Waals surface area (Å²) < 4.78 is 7.84. The van der Waals surface area contributed by atoms with Crippen LogP contribution in [0.15, 0.2) is 18.5 Å². The monoisotopic (exact) mass is 536 g/mol. The summed E-state index contributed by atoms with van der Waals surface area (Å²) in [6.07, 6.45) is 8.63. The third kappa shape index (κ3) is 5.76. The normalized spacial score (nSPS) is 21.8. The van der Waals surface area contributed by atoms with Gasteiger partial charge >= 0.3 is 12.1 Å². The van der Waals surface area contributed by atoms with Gasteiger partial charge in [0.05, 0.1) is 11.9 Å². The number of urea groups is 1. The number of anilines is 1. The smallest absolute Gasteiger partial charge is 0.410 e. The van der Waals surface area contributed by atoms with Crippen molar-refractivity contribution in [3.8, 4) is 0 Å². The summed E-state index contributed by atoms with van der Waals surface area (Å²) in [6.45, 7) is 11.9. The van der Waals surface area contributed by atoms with Gasteiger partial charge in [0, 0.05) is 69.7 Å². The van der Waals surface area contributed by atoms with Gasteiger partial charge in [-0.05, 0) is 69.9 Å². The Kier molecular flexibility index (Phi) is 6.77. The molecule has 0 spiro atoms. The quantitative estimate of drug-likeness (QED) is 0.600. The number of rotatable bonds is 6. The number of aromatic nitrogens is 2. The summed E-state index contributed by atoms with van der Waals surface area (Å²) >= 11 is 0. The average Bonchev–Trinajstić information content (AvgIpc) is 3.64. The molecule has 2 aromatic rings. The molecular weight excluding hydrogens is 496 g/mol. The Morgan fingerprint density at radius 1 is 1.05 bits per heavy atom. The lowest BCUT2D eigenvalue weighted by Crippen LogP contribution is -2.51. The summed E-state index contributed by atoms with van der Waals surface area (Å²) in [7, 11) is 0. The molecule has 2 aromatic heterocycles. The molecule has 1 N–H and O–H groups in total. The molecule has 1 saturated carbocycles. The zero-order valence-electron chi connectivity index (χ0n) is 23.3. The van der Waals surface area contributed by atoms with E-state index in [9.17, 15) is 14.4 Å². The second-order valence-electron chi connectivity index (χ2n) is 12.8. The van der Waals surface area contributed by atoms with Crippen LogP contribution in [0.2, 0.25) is 0 Å². The van der Waals surface area contributed by atoms with Gasteiger partial charge in [0.1, 0.15) is 11.2 Å². The van der Waals surface area contributed by atoms with Crippen molar-refractivity contribution in [2.75, 3.05) is 44.2 Å². The van der Waals surface area contributed by atoms with Crippen LogP contribution in [0.3, 0.4) is 0 Å². The van der Waals surface area contributed by atoms with Gasteiger partial charge in [-0.25, -0.2) is 14.6 Å². The summed E-state index contributed by atoms with van der Waals surface area (Å²) in [5.74, 6) is 1.57. The van der Waals surface area contributed by atoms with Crippen molar-refractivity contribution in [3.05, 3.63) is 24.0 Å². The standard InChI is InChI=1S/C29H40N6O4/c1-29(2,3)39-28(38)33-9-6-19(7-10-33)14-32-15-20(16-32)17-34-18-24(21-4-5-21)23-12-22(13-30-26(23)34)35-11-8-25(36)31-27(35)37/h12-13,18-21H,4-11,14-17H2,1-3H3,(H,31,36,37). The summed E-state index contributed by atoms with van der Waals surface area (Å²) in [5.41, 5.74) is 2.62. The lowest BCUT2D eigenvalue weighted by atomic mass is 9.92. The van der Waals surface area contributed by atoms with Crippen LogP contribution >= 0.6 is 0 Å². The first-order valence-corrected chi connectivity index (χ1v) is 14.4. The van der Waals surface area contributed by atoms with Crippen molar-refractivity contribution in [1.29, 1.82) is 0 Å². The number of nitrogens with one attached hydrogen (secondary N) is 1. The molecule has 3 saturated heterocycles. The fourth-order valence-corrected chi connectivity index (χ4v) is 6.21. The third-order valence-electron chi connectivity index (χ3n) is 8.38. The zero-order chi connectivity index (χ0) is 27.3. The molecule has 0 atom stereocenters. The highest BCUT2D eigenvalue weighted by molar-refractivity contribution is 6.06. The maximum absolute atomic E-state index is 12.4. The number of likely N-dealkylation sites (tertiary alicyclic amines) is 2. The second kappa shape index (κ2) is 10.1. The predicted octanol–water partition coefficient (Wildman–Crippen LogP) is 3.94. The predicted molar refractivity (Wildman–Crippen MR) is 148 cm³/mol. The molecule has 4 amide bonds. The van der Waals surface area contributed by atoms with Crippen LogP contribution in [-0.2, 0) is 16.1 Å². The van der Waals surface area contributed by atoms with Gasteiger partial charge < -0.3 is 19.1 Å². The van der Waals surface area contributed by atoms with Gasteiger partial charge in [-0.1, -0.05) is 0 Å². The van der Waals surface area contributed by atoms with E-state index in [0.29, 0.717) is 30.7 Å². The van der Waals surface area contributed by atoms with Crippen molar-refractivity contribution < 1.29 is 19.1 Å². The second-order valence-corrected chi connectivity index (χ2v) is 12.8. The molecule has 0 aromatic carbocycles. The highest BCUT2D eigenvalue weighted by atomic mass is 16.6. The summed E-state index contributed by atoms with van der Waals surface area (Å²) in [4.78, 5) is 47.1. The Hall–Kier alpha value is -3.14. The van der Waals surface area contributed by atoms with Crippen LogP contribution in [-0.4, -0.2) is 82.3 Å². The number of piperidine rings is 1. The Morgan fingerprint density at radius 2 is 1.79 bits per heavy atom. The molecule has 39 heavy (non-hydrogen) atoms. The molecule has 3 aliphatic heterocycles. The highest BCUT2D eigenvalue weighted by Gasteiger charge is 2.34. The molecule has 0 bridgehead atoms. The van der Waals surface area contributed by atoms with Crippen molar-refractivity contribution in [3.63, 3.8) is 0 Å². The molecule has 10 heteroatoms. The molecule has 1 aliphatic carbocycles. The fraction of sp³-hybridized carbons (Fsp3) is 0.655. The van der Waals surface area contributed by atoms with Gasteiger partial charge in [0.15, 0.2) is 0 Å². The van der Waals surface area contributed by atoms with Gasteiger partial charge in [0.2, 0.25) is 5.91 Å². The van der Waals surface area contributed by atoms with Crippen LogP contribution in [0.4, 0.5) is 15.3 Å². The van der Waals surface area contributed by atoms with Crippen LogP contribution in [0.5, 0.6) is 0 Å². The number of hydrogen-bond acceptors (Lipinski definition) is 6. The molecule has 6 rings (SSSR count). The van der Waals surface area contributed by atoms with Gasteiger partial charge in [-0.3, -0.25) is 15.0 Å². The van der Waals surface area contributed by atoms with E-state index in [1.54, 1.807) is 11.1 Å². The number of pyridine rings is 1. The first-order chi connectivity index (χ1) is 18.6. The minimum Gasteiger partial charge on any atom is -0.444 e. The third-order valence-corrected chi connectivity index (χ3v) is 8.38. The Bertz CT molecular complexity index is 1260. The number of fused-ring (bicyclic) bond motifs is 1. The molecule has 4 aliphatic rings. The number of hydrogen-bond donors (Lipinski definition) is 1. The van der Waals surface area contributed by atoms with E-state index in [4.69, 9.17) is 9.72 Å². The Balaban J connectivity index is 1.04. The Labute approximate surface area is 229 Å². The Morgan fingerprint density at radius 3 is 2.46 bits per heavy atom. The average molecular weight is 537 g/mol. The van der Waals surface area contributed by atoms with E-state index in [-0.39, 0.29) is 18.0 Å². The lowest BCUT2D eigenvalue weighted by Gasteiger charge is -2.43. The van der Waals surface area contributed by atoms with E-state index < -0.39 is 5.60 Å². The van der Waals surface area contributed by atoms with E-state index in [0.717, 1.165) is 68.8 Å². The molecule has 5 heterocycles. The zero-order valence-corrected chi connectivity index (χ0v) is 23.3. The minimum atomic E-state index is -0.450. The largest absolute Gasteiger partial charge is 0.444 e. The molecular formula is C29H40N6O4. The van der Waals surface area contributed by atoms with Gasteiger partial charge in [-0.2, -0.15) is 0 Å². The number of carbonyl (C=O) groups excluding carboxylic acids is 3. The first-order valence-electron chi connectivity index (χ1n) is 14.4. The highest BCUT2D eigenvalue weighted by Crippen LogP contribution is 2.44. The number of ether oxygens (including phenoxy) is 1. The van der Waals surface area contributed by atoms with Gasteiger partial charge in [-0.15, -0.1) is 0 Å². The van der Waals surface area contributed by atoms with Crippen LogP contribution in [0, 0.1) is 11.8 Å². The van der Waals surface area contributed by atoms with E-state index in [2.05, 4.69) is 27.0 Å². The number of nitrogens with zero attached hydrogens (tertiary/aromatic N) is 5.